The van der Waals surface area contributed by atoms with Gasteiger partial charge in [0.25, 0.3) is 5.91 Å². The number of aryl methyl sites for hydroxylation is 2. The lowest BCUT2D eigenvalue weighted by Crippen LogP contribution is -2.28. The zero-order valence-corrected chi connectivity index (χ0v) is 16.4. The van der Waals surface area contributed by atoms with Crippen LogP contribution in [-0.4, -0.2) is 28.1 Å². The van der Waals surface area contributed by atoms with E-state index >= 15 is 0 Å². The maximum Gasteiger partial charge on any atom is 0.328 e. The van der Waals surface area contributed by atoms with E-state index in [4.69, 9.17) is 0 Å². The van der Waals surface area contributed by atoms with Gasteiger partial charge in [-0.05, 0) is 60.7 Å². The lowest BCUT2D eigenvalue weighted by atomic mass is 9.91. The Bertz CT molecular complexity index is 1060. The molecule has 1 aliphatic rings. The predicted octanol–water partition coefficient (Wildman–Crippen LogP) is 2.27. The van der Waals surface area contributed by atoms with Gasteiger partial charge in [-0.15, -0.1) is 0 Å². The van der Waals surface area contributed by atoms with Crippen molar-refractivity contribution in [1.29, 1.82) is 0 Å². The summed E-state index contributed by atoms with van der Waals surface area (Å²) in [6, 6.07) is 13.8. The Morgan fingerprint density at radius 1 is 1.11 bits per heavy atom. The first kappa shape index (κ1) is 18.5. The Morgan fingerprint density at radius 2 is 1.86 bits per heavy atom. The molecule has 0 aliphatic carbocycles. The van der Waals surface area contributed by atoms with Gasteiger partial charge in [0, 0.05) is 32.7 Å². The summed E-state index contributed by atoms with van der Waals surface area (Å²) < 4.78 is 3.25. The molecule has 1 fully saturated rings. The van der Waals surface area contributed by atoms with Crippen LogP contribution in [0, 0.1) is 0 Å². The normalized spacial score (nSPS) is 17.0. The number of nitrogens with zero attached hydrogens (tertiary/aromatic N) is 2. The maximum absolute atomic E-state index is 12.5. The summed E-state index contributed by atoms with van der Waals surface area (Å²) >= 11 is 0. The molecule has 2 heterocycles. The minimum absolute atomic E-state index is 0.0514. The molecule has 6 nitrogen and oxygen atoms in total. The molecule has 1 aliphatic heterocycles. The van der Waals surface area contributed by atoms with Crippen molar-refractivity contribution < 1.29 is 4.79 Å². The van der Waals surface area contributed by atoms with E-state index in [0.29, 0.717) is 18.0 Å². The molecule has 2 aromatic carbocycles. The molecule has 1 atom stereocenters. The summed E-state index contributed by atoms with van der Waals surface area (Å²) in [4.78, 5) is 24.6. The van der Waals surface area contributed by atoms with Crippen LogP contribution in [0.1, 0.15) is 40.2 Å². The second-order valence-corrected chi connectivity index (χ2v) is 7.57. The maximum atomic E-state index is 12.5. The zero-order valence-electron chi connectivity index (χ0n) is 16.4. The minimum atomic E-state index is -0.0876. The first-order chi connectivity index (χ1) is 13.5. The zero-order chi connectivity index (χ0) is 19.7. The van der Waals surface area contributed by atoms with E-state index in [1.807, 2.05) is 30.3 Å². The van der Waals surface area contributed by atoms with Crippen molar-refractivity contribution in [3.63, 3.8) is 0 Å². The molecular weight excluding hydrogens is 352 g/mol. The first-order valence-electron chi connectivity index (χ1n) is 9.78. The molecule has 1 aromatic heterocycles. The van der Waals surface area contributed by atoms with Crippen LogP contribution in [-0.2, 0) is 20.6 Å². The van der Waals surface area contributed by atoms with E-state index in [1.165, 1.54) is 18.4 Å². The summed E-state index contributed by atoms with van der Waals surface area (Å²) in [6.45, 7) is 2.53. The van der Waals surface area contributed by atoms with Crippen LogP contribution < -0.4 is 16.3 Å². The highest BCUT2D eigenvalue weighted by Crippen LogP contribution is 2.23. The smallest absolute Gasteiger partial charge is 0.328 e. The number of piperidine rings is 1. The number of fused-ring (bicyclic) bond motifs is 1. The lowest BCUT2D eigenvalue weighted by molar-refractivity contribution is 0.0951. The largest absolute Gasteiger partial charge is 0.348 e. The molecule has 28 heavy (non-hydrogen) atoms. The summed E-state index contributed by atoms with van der Waals surface area (Å²) in [7, 11) is 3.52. The van der Waals surface area contributed by atoms with E-state index in [1.54, 1.807) is 23.2 Å². The van der Waals surface area contributed by atoms with E-state index in [2.05, 4.69) is 22.8 Å². The van der Waals surface area contributed by atoms with E-state index in [0.717, 1.165) is 29.7 Å². The van der Waals surface area contributed by atoms with Gasteiger partial charge in [0.2, 0.25) is 0 Å². The highest BCUT2D eigenvalue weighted by atomic mass is 16.2. The Hall–Kier alpha value is -2.86. The van der Waals surface area contributed by atoms with Crippen molar-refractivity contribution in [2.75, 3.05) is 13.1 Å². The van der Waals surface area contributed by atoms with Gasteiger partial charge in [-0.25, -0.2) is 4.79 Å². The number of amides is 1. The number of imidazole rings is 1. The Labute approximate surface area is 164 Å². The summed E-state index contributed by atoms with van der Waals surface area (Å²) in [5.74, 6) is 0.450. The Kier molecular flexibility index (Phi) is 5.05. The molecule has 6 heteroatoms. The van der Waals surface area contributed by atoms with Crippen molar-refractivity contribution in [3.05, 3.63) is 69.6 Å². The fourth-order valence-electron chi connectivity index (χ4n) is 3.99. The van der Waals surface area contributed by atoms with Crippen LogP contribution in [0.3, 0.4) is 0 Å². The van der Waals surface area contributed by atoms with Gasteiger partial charge in [-0.1, -0.05) is 18.2 Å². The average molecular weight is 378 g/mol. The number of carbonyl (C=O) groups is 1. The monoisotopic (exact) mass is 378 g/mol. The van der Waals surface area contributed by atoms with Crippen molar-refractivity contribution in [2.24, 2.45) is 14.1 Å². The molecule has 0 bridgehead atoms. The molecule has 0 spiro atoms. The third-order valence-corrected chi connectivity index (χ3v) is 5.73. The SMILES string of the molecule is Cn1c(=O)n(C)c2cc(CNC(=O)c3ccc(C4CCCNC4)cc3)ccc21. The highest BCUT2D eigenvalue weighted by molar-refractivity contribution is 5.94. The Balaban J connectivity index is 1.43. The quantitative estimate of drug-likeness (QED) is 0.732. The van der Waals surface area contributed by atoms with Crippen LogP contribution in [0.4, 0.5) is 0 Å². The molecule has 1 unspecified atom stereocenters. The van der Waals surface area contributed by atoms with Crippen LogP contribution in [0.5, 0.6) is 0 Å². The molecule has 1 amide bonds. The molecule has 0 saturated carbocycles. The number of rotatable bonds is 4. The van der Waals surface area contributed by atoms with Crippen molar-refractivity contribution in [1.82, 2.24) is 19.8 Å². The van der Waals surface area contributed by atoms with Gasteiger partial charge in [-0.2, -0.15) is 0 Å². The molecule has 3 aromatic rings. The number of carbonyl (C=O) groups excluding carboxylic acids is 1. The van der Waals surface area contributed by atoms with Gasteiger partial charge in [0.15, 0.2) is 0 Å². The van der Waals surface area contributed by atoms with Gasteiger partial charge in [0.1, 0.15) is 0 Å². The fraction of sp³-hybridized carbons (Fsp3) is 0.364. The van der Waals surface area contributed by atoms with Gasteiger partial charge < -0.3 is 10.6 Å². The third-order valence-electron chi connectivity index (χ3n) is 5.73. The second-order valence-electron chi connectivity index (χ2n) is 7.57. The summed E-state index contributed by atoms with van der Waals surface area (Å²) in [5.41, 5.74) is 4.62. The summed E-state index contributed by atoms with van der Waals surface area (Å²) in [5, 5.41) is 6.40. The molecule has 0 radical (unpaired) electrons. The fourth-order valence-corrected chi connectivity index (χ4v) is 3.99. The van der Waals surface area contributed by atoms with Crippen molar-refractivity contribution in [2.45, 2.75) is 25.3 Å². The third kappa shape index (κ3) is 3.47. The number of hydrogen-bond donors (Lipinski definition) is 2. The first-order valence-corrected chi connectivity index (χ1v) is 9.78. The second kappa shape index (κ2) is 7.64. The van der Waals surface area contributed by atoms with E-state index < -0.39 is 0 Å². The number of benzene rings is 2. The minimum Gasteiger partial charge on any atom is -0.348 e. The molecule has 2 N–H and O–H groups in total. The lowest BCUT2D eigenvalue weighted by Gasteiger charge is -2.23. The number of hydrogen-bond acceptors (Lipinski definition) is 3. The average Bonchev–Trinajstić information content (AvgIpc) is 2.96. The van der Waals surface area contributed by atoms with Gasteiger partial charge in [0.05, 0.1) is 11.0 Å². The number of nitrogens with one attached hydrogen (secondary N) is 2. The standard InChI is InChI=1S/C22H26N4O2/c1-25-19-10-5-15(12-20(19)26(2)22(25)28)13-24-21(27)17-8-6-16(7-9-17)18-4-3-11-23-14-18/h5-10,12,18,23H,3-4,11,13-14H2,1-2H3,(H,24,27). The van der Waals surface area contributed by atoms with Crippen molar-refractivity contribution in [3.8, 4) is 0 Å². The van der Waals surface area contributed by atoms with Crippen LogP contribution in [0.2, 0.25) is 0 Å². The van der Waals surface area contributed by atoms with Crippen LogP contribution in [0.15, 0.2) is 47.3 Å². The topological polar surface area (TPSA) is 68.1 Å². The summed E-state index contributed by atoms with van der Waals surface area (Å²) in [6.07, 6.45) is 2.40. The van der Waals surface area contributed by atoms with E-state index in [9.17, 15) is 9.59 Å². The van der Waals surface area contributed by atoms with Crippen molar-refractivity contribution >= 4 is 16.9 Å². The molecular formula is C22H26N4O2. The Morgan fingerprint density at radius 3 is 2.57 bits per heavy atom. The van der Waals surface area contributed by atoms with Gasteiger partial charge in [-0.3, -0.25) is 13.9 Å². The van der Waals surface area contributed by atoms with E-state index in [-0.39, 0.29) is 11.6 Å². The van der Waals surface area contributed by atoms with Crippen LogP contribution >= 0.6 is 0 Å². The highest BCUT2D eigenvalue weighted by Gasteiger charge is 2.15. The molecule has 1 saturated heterocycles. The molecule has 146 valence electrons. The molecule has 4 rings (SSSR count). The van der Waals surface area contributed by atoms with Crippen LogP contribution in [0.25, 0.3) is 11.0 Å². The number of aromatic nitrogens is 2. The van der Waals surface area contributed by atoms with Gasteiger partial charge >= 0.3 is 5.69 Å². The predicted molar refractivity (Wildman–Crippen MR) is 111 cm³/mol.